The van der Waals surface area contributed by atoms with E-state index in [0.717, 1.165) is 16.9 Å². The SMILES string of the molecule is C=C/C(C)=C(\C#N)C(=C)c1ccc2c(c1)OCCO2.CC. The van der Waals surface area contributed by atoms with Crippen LogP contribution in [0, 0.1) is 11.3 Å². The second-order valence-electron chi connectivity index (χ2n) is 4.21. The van der Waals surface area contributed by atoms with Crippen LogP contribution in [-0.2, 0) is 0 Å². The quantitative estimate of drug-likeness (QED) is 0.605. The van der Waals surface area contributed by atoms with E-state index in [9.17, 15) is 5.26 Å². The minimum Gasteiger partial charge on any atom is -0.486 e. The molecule has 0 atom stereocenters. The lowest BCUT2D eigenvalue weighted by Gasteiger charge is -2.19. The summed E-state index contributed by atoms with van der Waals surface area (Å²) in [7, 11) is 0. The summed E-state index contributed by atoms with van der Waals surface area (Å²) in [5.41, 5.74) is 2.85. The van der Waals surface area contributed by atoms with Crippen molar-refractivity contribution in [3.05, 3.63) is 54.1 Å². The topological polar surface area (TPSA) is 42.2 Å². The highest BCUT2D eigenvalue weighted by Crippen LogP contribution is 2.34. The molecule has 1 aromatic rings. The van der Waals surface area contributed by atoms with Crippen LogP contribution in [0.5, 0.6) is 11.5 Å². The first kappa shape index (κ1) is 16.6. The van der Waals surface area contributed by atoms with Crippen LogP contribution >= 0.6 is 0 Å². The van der Waals surface area contributed by atoms with E-state index in [1.165, 1.54) is 0 Å². The Labute approximate surface area is 126 Å². The highest BCUT2D eigenvalue weighted by molar-refractivity contribution is 5.83. The van der Waals surface area contributed by atoms with Gasteiger partial charge in [-0.2, -0.15) is 5.26 Å². The van der Waals surface area contributed by atoms with Gasteiger partial charge in [-0.25, -0.2) is 0 Å². The van der Waals surface area contributed by atoms with E-state index in [1.54, 1.807) is 6.08 Å². The lowest BCUT2D eigenvalue weighted by Crippen LogP contribution is -2.15. The van der Waals surface area contributed by atoms with Crippen molar-refractivity contribution in [2.24, 2.45) is 0 Å². The molecule has 0 radical (unpaired) electrons. The fraction of sp³-hybridized carbons (Fsp3) is 0.278. The predicted molar refractivity (Wildman–Crippen MR) is 86.3 cm³/mol. The summed E-state index contributed by atoms with van der Waals surface area (Å²) in [6.45, 7) is 14.6. The molecular weight excluding hydrogens is 262 g/mol. The Morgan fingerprint density at radius 2 is 1.86 bits per heavy atom. The van der Waals surface area contributed by atoms with Gasteiger partial charge in [0, 0.05) is 0 Å². The van der Waals surface area contributed by atoms with Gasteiger partial charge < -0.3 is 9.47 Å². The third kappa shape index (κ3) is 3.76. The van der Waals surface area contributed by atoms with Gasteiger partial charge in [-0.05, 0) is 35.8 Å². The fourth-order valence-corrected chi connectivity index (χ4v) is 1.87. The predicted octanol–water partition coefficient (Wildman–Crippen LogP) is 4.52. The molecular formula is C18H21NO2. The highest BCUT2D eigenvalue weighted by Gasteiger charge is 2.14. The van der Waals surface area contributed by atoms with Crippen LogP contribution in [0.1, 0.15) is 26.3 Å². The van der Waals surface area contributed by atoms with Crippen LogP contribution in [0.4, 0.5) is 0 Å². The van der Waals surface area contributed by atoms with Crippen molar-refractivity contribution in [1.82, 2.24) is 0 Å². The number of rotatable bonds is 3. The lowest BCUT2D eigenvalue weighted by atomic mass is 9.96. The van der Waals surface area contributed by atoms with E-state index < -0.39 is 0 Å². The first-order valence-electron chi connectivity index (χ1n) is 7.00. The normalized spacial score (nSPS) is 13.0. The van der Waals surface area contributed by atoms with Crippen molar-refractivity contribution in [3.8, 4) is 17.6 Å². The second-order valence-corrected chi connectivity index (χ2v) is 4.21. The van der Waals surface area contributed by atoms with E-state index >= 15 is 0 Å². The molecule has 0 saturated carbocycles. The zero-order valence-corrected chi connectivity index (χ0v) is 12.9. The Balaban J connectivity index is 0.00000106. The van der Waals surface area contributed by atoms with Crippen LogP contribution in [-0.4, -0.2) is 13.2 Å². The van der Waals surface area contributed by atoms with Gasteiger partial charge in [0.05, 0.1) is 5.57 Å². The van der Waals surface area contributed by atoms with Crippen molar-refractivity contribution in [2.75, 3.05) is 13.2 Å². The number of fused-ring (bicyclic) bond motifs is 1. The first-order valence-corrected chi connectivity index (χ1v) is 7.00. The third-order valence-corrected chi connectivity index (χ3v) is 3.00. The van der Waals surface area contributed by atoms with E-state index in [2.05, 4.69) is 19.2 Å². The van der Waals surface area contributed by atoms with Crippen LogP contribution < -0.4 is 9.47 Å². The third-order valence-electron chi connectivity index (χ3n) is 3.00. The number of nitriles is 1. The van der Waals surface area contributed by atoms with Crippen molar-refractivity contribution < 1.29 is 9.47 Å². The van der Waals surface area contributed by atoms with Gasteiger partial charge in [-0.1, -0.05) is 39.1 Å². The molecule has 0 spiro atoms. The molecule has 1 aromatic carbocycles. The maximum Gasteiger partial charge on any atom is 0.161 e. The summed E-state index contributed by atoms with van der Waals surface area (Å²) < 4.78 is 11.0. The monoisotopic (exact) mass is 283 g/mol. The van der Waals surface area contributed by atoms with Gasteiger partial charge in [0.2, 0.25) is 0 Å². The molecule has 0 bridgehead atoms. The Morgan fingerprint density at radius 1 is 1.24 bits per heavy atom. The summed E-state index contributed by atoms with van der Waals surface area (Å²) in [4.78, 5) is 0. The van der Waals surface area contributed by atoms with Crippen LogP contribution in [0.3, 0.4) is 0 Å². The molecule has 0 fully saturated rings. The number of allylic oxidation sites excluding steroid dienone is 4. The van der Waals surface area contributed by atoms with E-state index in [-0.39, 0.29) is 0 Å². The average molecular weight is 283 g/mol. The van der Waals surface area contributed by atoms with Crippen LogP contribution in [0.2, 0.25) is 0 Å². The maximum absolute atomic E-state index is 9.23. The van der Waals surface area contributed by atoms with E-state index in [4.69, 9.17) is 9.47 Å². The molecule has 0 unspecified atom stereocenters. The van der Waals surface area contributed by atoms with Gasteiger partial charge >= 0.3 is 0 Å². The first-order chi connectivity index (χ1) is 10.2. The molecule has 1 heterocycles. The molecule has 0 aromatic heterocycles. The molecule has 3 nitrogen and oxygen atoms in total. The van der Waals surface area contributed by atoms with Crippen LogP contribution in [0.15, 0.2) is 48.6 Å². The summed E-state index contributed by atoms with van der Waals surface area (Å²) in [6.07, 6.45) is 1.65. The summed E-state index contributed by atoms with van der Waals surface area (Å²) >= 11 is 0. The largest absolute Gasteiger partial charge is 0.486 e. The number of hydrogen-bond donors (Lipinski definition) is 0. The Bertz CT molecular complexity index is 606. The molecule has 3 heteroatoms. The van der Waals surface area contributed by atoms with E-state index in [1.807, 2.05) is 39.0 Å². The van der Waals surface area contributed by atoms with Gasteiger partial charge in [0.1, 0.15) is 19.3 Å². The van der Waals surface area contributed by atoms with Crippen molar-refractivity contribution in [1.29, 1.82) is 5.26 Å². The van der Waals surface area contributed by atoms with E-state index in [0.29, 0.717) is 30.1 Å². The summed E-state index contributed by atoms with van der Waals surface area (Å²) in [6, 6.07) is 7.74. The Morgan fingerprint density at radius 3 is 2.43 bits per heavy atom. The standard InChI is InChI=1S/C16H15NO2.C2H6/c1-4-11(2)14(10-17)12(3)13-5-6-15-16(9-13)19-8-7-18-15;1-2/h4-6,9H,1,3,7-8H2,2H3;1-2H3/b14-11+;. The van der Waals surface area contributed by atoms with Gasteiger partial charge in [0.15, 0.2) is 11.5 Å². The summed E-state index contributed by atoms with van der Waals surface area (Å²) in [5.74, 6) is 1.42. The zero-order valence-electron chi connectivity index (χ0n) is 12.9. The Kier molecular flexibility index (Phi) is 6.29. The molecule has 110 valence electrons. The zero-order chi connectivity index (χ0) is 15.8. The number of benzene rings is 1. The molecule has 0 saturated heterocycles. The summed E-state index contributed by atoms with van der Waals surface area (Å²) in [5, 5.41) is 9.23. The van der Waals surface area contributed by atoms with Crippen LogP contribution in [0.25, 0.3) is 5.57 Å². The molecule has 2 rings (SSSR count). The average Bonchev–Trinajstić information content (AvgIpc) is 2.56. The smallest absolute Gasteiger partial charge is 0.161 e. The highest BCUT2D eigenvalue weighted by atomic mass is 16.6. The molecule has 21 heavy (non-hydrogen) atoms. The van der Waals surface area contributed by atoms with Crippen molar-refractivity contribution >= 4 is 5.57 Å². The second kappa shape index (κ2) is 7.96. The maximum atomic E-state index is 9.23. The minimum atomic E-state index is 0.534. The molecule has 0 N–H and O–H groups in total. The molecule has 0 aliphatic carbocycles. The molecule has 1 aliphatic heterocycles. The van der Waals surface area contributed by atoms with Gasteiger partial charge in [0.25, 0.3) is 0 Å². The molecule has 0 amide bonds. The lowest BCUT2D eigenvalue weighted by molar-refractivity contribution is 0.171. The van der Waals surface area contributed by atoms with Gasteiger partial charge in [-0.15, -0.1) is 0 Å². The number of hydrogen-bond acceptors (Lipinski definition) is 3. The minimum absolute atomic E-state index is 0.534. The fourth-order valence-electron chi connectivity index (χ4n) is 1.87. The van der Waals surface area contributed by atoms with Crippen molar-refractivity contribution in [3.63, 3.8) is 0 Å². The Hall–Kier alpha value is -2.47. The van der Waals surface area contributed by atoms with Gasteiger partial charge in [-0.3, -0.25) is 0 Å². The van der Waals surface area contributed by atoms with Crippen molar-refractivity contribution in [2.45, 2.75) is 20.8 Å². The molecule has 1 aliphatic rings. The number of ether oxygens (including phenoxy) is 2. The number of nitrogens with zero attached hydrogens (tertiary/aromatic N) is 1.